The predicted molar refractivity (Wildman–Crippen MR) is 90.2 cm³/mol. The van der Waals surface area contributed by atoms with Crippen molar-refractivity contribution in [2.24, 2.45) is 5.16 Å². The van der Waals surface area contributed by atoms with Gasteiger partial charge in [0, 0.05) is 46.1 Å². The van der Waals surface area contributed by atoms with Gasteiger partial charge in [0.15, 0.2) is 5.89 Å². The molecule has 0 bridgehead atoms. The molecule has 24 heavy (non-hydrogen) atoms. The molecule has 1 unspecified atom stereocenters. The summed E-state index contributed by atoms with van der Waals surface area (Å²) in [4.78, 5) is 26.6. The van der Waals surface area contributed by atoms with Crippen molar-refractivity contribution in [3.63, 3.8) is 0 Å². The monoisotopic (exact) mass is 334 g/mol. The first-order valence-corrected chi connectivity index (χ1v) is 8.74. The zero-order valence-corrected chi connectivity index (χ0v) is 14.7. The molecule has 0 saturated carbocycles. The van der Waals surface area contributed by atoms with E-state index in [1.807, 2.05) is 11.8 Å². The molecule has 3 rings (SSSR count). The van der Waals surface area contributed by atoms with Gasteiger partial charge in [-0.05, 0) is 19.8 Å². The molecule has 7 heteroatoms. The van der Waals surface area contributed by atoms with Gasteiger partial charge < -0.3 is 14.2 Å². The third-order valence-corrected chi connectivity index (χ3v) is 4.64. The Kier molecular flexibility index (Phi) is 5.18. The molecule has 2 aliphatic heterocycles. The number of rotatable bonds is 4. The van der Waals surface area contributed by atoms with Crippen molar-refractivity contribution < 1.29 is 14.0 Å². The fourth-order valence-corrected chi connectivity index (χ4v) is 3.31. The zero-order valence-electron chi connectivity index (χ0n) is 14.7. The molecule has 0 aliphatic carbocycles. The maximum atomic E-state index is 12.7. The van der Waals surface area contributed by atoms with Crippen molar-refractivity contribution in [1.82, 2.24) is 14.8 Å². The summed E-state index contributed by atoms with van der Waals surface area (Å²) < 4.78 is 5.48. The van der Waals surface area contributed by atoms with Crippen LogP contribution in [0.1, 0.15) is 48.3 Å². The van der Waals surface area contributed by atoms with E-state index in [2.05, 4.69) is 22.0 Å². The Labute approximate surface area is 142 Å². The summed E-state index contributed by atoms with van der Waals surface area (Å²) in [5.74, 6) is 0.863. The fourth-order valence-electron chi connectivity index (χ4n) is 3.31. The molecule has 0 radical (unpaired) electrons. The number of oxime groups is 1. The Morgan fingerprint density at radius 2 is 2.08 bits per heavy atom. The minimum atomic E-state index is -0.0522. The van der Waals surface area contributed by atoms with Crippen LogP contribution in [0.15, 0.2) is 9.57 Å². The highest BCUT2D eigenvalue weighted by Crippen LogP contribution is 2.17. The number of hydrogen-bond donors (Lipinski definition) is 0. The van der Waals surface area contributed by atoms with Crippen LogP contribution >= 0.6 is 0 Å². The van der Waals surface area contributed by atoms with Crippen LogP contribution < -0.4 is 0 Å². The Balaban J connectivity index is 1.53. The lowest BCUT2D eigenvalue weighted by molar-refractivity contribution is 0.0528. The Hall–Kier alpha value is -1.89. The number of aromatic nitrogens is 1. The largest absolute Gasteiger partial charge is 0.436 e. The molecule has 3 heterocycles. The number of nitrogens with zero attached hydrogens (tertiary/aromatic N) is 4. The lowest BCUT2D eigenvalue weighted by atomic mass is 10.1. The standard InChI is InChI=1S/C17H26N4O3/c1-4-14-10-15(24-19-14)11-20-6-5-7-21(9-8-20)17(22)16-12(2)18-13(3)23-16/h15H,4-11H2,1-3H3. The van der Waals surface area contributed by atoms with E-state index in [1.165, 1.54) is 0 Å². The van der Waals surface area contributed by atoms with Gasteiger partial charge in [-0.15, -0.1) is 0 Å². The van der Waals surface area contributed by atoms with Crippen LogP contribution in [0.25, 0.3) is 0 Å². The summed E-state index contributed by atoms with van der Waals surface area (Å²) in [6.07, 6.45) is 2.98. The first-order valence-electron chi connectivity index (χ1n) is 8.74. The van der Waals surface area contributed by atoms with Gasteiger partial charge in [0.2, 0.25) is 5.76 Å². The third kappa shape index (κ3) is 3.77. The van der Waals surface area contributed by atoms with Crippen molar-refractivity contribution in [2.45, 2.75) is 46.1 Å². The van der Waals surface area contributed by atoms with Crippen LogP contribution in [0.4, 0.5) is 0 Å². The molecule has 1 amide bonds. The average molecular weight is 334 g/mol. The second kappa shape index (κ2) is 7.34. The van der Waals surface area contributed by atoms with Crippen LogP contribution in [0, 0.1) is 13.8 Å². The molecule has 1 atom stereocenters. The number of aryl methyl sites for hydroxylation is 2. The molecule has 1 saturated heterocycles. The maximum Gasteiger partial charge on any atom is 0.291 e. The molecule has 0 N–H and O–H groups in total. The van der Waals surface area contributed by atoms with E-state index in [1.54, 1.807) is 6.92 Å². The molecule has 0 aromatic carbocycles. The number of hydrogen-bond acceptors (Lipinski definition) is 6. The minimum Gasteiger partial charge on any atom is -0.436 e. The second-order valence-electron chi connectivity index (χ2n) is 6.54. The smallest absolute Gasteiger partial charge is 0.291 e. The van der Waals surface area contributed by atoms with Crippen LogP contribution in [0.2, 0.25) is 0 Å². The molecular weight excluding hydrogens is 308 g/mol. The average Bonchev–Trinajstić information content (AvgIpc) is 3.06. The van der Waals surface area contributed by atoms with Crippen molar-refractivity contribution in [1.29, 1.82) is 0 Å². The molecule has 1 fully saturated rings. The highest BCUT2D eigenvalue weighted by molar-refractivity contribution is 5.92. The van der Waals surface area contributed by atoms with Gasteiger partial charge in [0.1, 0.15) is 6.10 Å². The number of carbonyl (C=O) groups excluding carboxylic acids is 1. The first kappa shape index (κ1) is 17.0. The van der Waals surface area contributed by atoms with E-state index in [-0.39, 0.29) is 12.0 Å². The lowest BCUT2D eigenvalue weighted by Gasteiger charge is -2.23. The topological polar surface area (TPSA) is 71.2 Å². The lowest BCUT2D eigenvalue weighted by Crippen LogP contribution is -2.37. The number of oxazole rings is 1. The van der Waals surface area contributed by atoms with Gasteiger partial charge in [-0.25, -0.2) is 4.98 Å². The molecule has 1 aromatic heterocycles. The Bertz CT molecular complexity index is 625. The van der Waals surface area contributed by atoms with Crippen molar-refractivity contribution >= 4 is 11.6 Å². The van der Waals surface area contributed by atoms with Crippen LogP contribution in [-0.4, -0.2) is 65.2 Å². The van der Waals surface area contributed by atoms with E-state index in [0.29, 0.717) is 23.9 Å². The summed E-state index contributed by atoms with van der Waals surface area (Å²) in [5.41, 5.74) is 1.81. The van der Waals surface area contributed by atoms with Crippen molar-refractivity contribution in [3.8, 4) is 0 Å². The maximum absolute atomic E-state index is 12.7. The molecule has 1 aromatic rings. The Morgan fingerprint density at radius 3 is 2.75 bits per heavy atom. The van der Waals surface area contributed by atoms with Gasteiger partial charge in [-0.1, -0.05) is 12.1 Å². The number of amides is 1. The van der Waals surface area contributed by atoms with Gasteiger partial charge in [-0.3, -0.25) is 9.69 Å². The zero-order chi connectivity index (χ0) is 17.1. The SMILES string of the molecule is CCC1=NOC(CN2CCCN(C(=O)c3oc(C)nc3C)CC2)C1. The van der Waals surface area contributed by atoms with Crippen molar-refractivity contribution in [2.75, 3.05) is 32.7 Å². The summed E-state index contributed by atoms with van der Waals surface area (Å²) in [7, 11) is 0. The Morgan fingerprint density at radius 1 is 1.25 bits per heavy atom. The molecule has 0 spiro atoms. The van der Waals surface area contributed by atoms with Crippen molar-refractivity contribution in [3.05, 3.63) is 17.3 Å². The van der Waals surface area contributed by atoms with Crippen LogP contribution in [0.3, 0.4) is 0 Å². The first-order chi connectivity index (χ1) is 11.6. The van der Waals surface area contributed by atoms with Gasteiger partial charge in [-0.2, -0.15) is 0 Å². The van der Waals surface area contributed by atoms with Crippen LogP contribution in [0.5, 0.6) is 0 Å². The van der Waals surface area contributed by atoms with Gasteiger partial charge >= 0.3 is 0 Å². The predicted octanol–water partition coefficient (Wildman–Crippen LogP) is 1.99. The molecule has 132 valence electrons. The molecular formula is C17H26N4O3. The molecule has 7 nitrogen and oxygen atoms in total. The van der Waals surface area contributed by atoms with E-state index in [0.717, 1.165) is 51.2 Å². The van der Waals surface area contributed by atoms with Crippen LogP contribution in [-0.2, 0) is 4.84 Å². The van der Waals surface area contributed by atoms with Gasteiger partial charge in [0.05, 0.1) is 11.4 Å². The second-order valence-corrected chi connectivity index (χ2v) is 6.54. The van der Waals surface area contributed by atoms with E-state index < -0.39 is 0 Å². The summed E-state index contributed by atoms with van der Waals surface area (Å²) in [6, 6.07) is 0. The fraction of sp³-hybridized carbons (Fsp3) is 0.706. The third-order valence-electron chi connectivity index (χ3n) is 4.64. The minimum absolute atomic E-state index is 0.0522. The highest BCUT2D eigenvalue weighted by atomic mass is 16.6. The van der Waals surface area contributed by atoms with Gasteiger partial charge in [0.25, 0.3) is 5.91 Å². The number of carbonyl (C=O) groups is 1. The summed E-state index contributed by atoms with van der Waals surface area (Å²) in [6.45, 7) is 9.82. The normalized spacial score (nSPS) is 22.2. The summed E-state index contributed by atoms with van der Waals surface area (Å²) in [5, 5.41) is 4.13. The molecule has 2 aliphatic rings. The summed E-state index contributed by atoms with van der Waals surface area (Å²) >= 11 is 0. The van der Waals surface area contributed by atoms with E-state index in [4.69, 9.17) is 9.25 Å². The quantitative estimate of drug-likeness (QED) is 0.842. The van der Waals surface area contributed by atoms with E-state index >= 15 is 0 Å². The highest BCUT2D eigenvalue weighted by Gasteiger charge is 2.27. The van der Waals surface area contributed by atoms with E-state index in [9.17, 15) is 4.79 Å².